The van der Waals surface area contributed by atoms with E-state index in [1.54, 1.807) is 10.7 Å². The number of halogens is 1. The van der Waals surface area contributed by atoms with Crippen LogP contribution in [0.5, 0.6) is 0 Å². The quantitative estimate of drug-likeness (QED) is 0.371. The summed E-state index contributed by atoms with van der Waals surface area (Å²) in [5.41, 5.74) is 2.79. The summed E-state index contributed by atoms with van der Waals surface area (Å²) in [5.74, 6) is 0.409. The molecule has 0 amide bonds. The van der Waals surface area contributed by atoms with Crippen molar-refractivity contribution in [3.05, 3.63) is 94.8 Å². The van der Waals surface area contributed by atoms with Crippen LogP contribution in [0.25, 0.3) is 11.5 Å². The monoisotopic (exact) mass is 393 g/mol. The smallest absolute Gasteiger partial charge is 0.289 e. The minimum absolute atomic E-state index is 0.293. The molecule has 0 radical (unpaired) electrons. The summed E-state index contributed by atoms with van der Waals surface area (Å²) < 4.78 is 7.37. The van der Waals surface area contributed by atoms with E-state index in [2.05, 4.69) is 10.00 Å². The summed E-state index contributed by atoms with van der Waals surface area (Å²) in [6, 6.07) is 27.6. The van der Waals surface area contributed by atoms with Gasteiger partial charge in [0.05, 0.1) is 10.6 Å². The highest BCUT2D eigenvalue weighted by Crippen LogP contribution is 2.28. The Balaban J connectivity index is 1.72. The average molecular weight is 394 g/mol. The Hall–Kier alpha value is -2.89. The van der Waals surface area contributed by atoms with Gasteiger partial charge < -0.3 is 9.32 Å². The van der Waals surface area contributed by atoms with E-state index in [0.29, 0.717) is 22.4 Å². The largest absolute Gasteiger partial charge is 0.409 e. The van der Waals surface area contributed by atoms with Crippen molar-refractivity contribution in [3.8, 4) is 11.5 Å². The molecule has 0 spiro atoms. The van der Waals surface area contributed by atoms with E-state index < -0.39 is 0 Å². The van der Waals surface area contributed by atoms with Gasteiger partial charge in [-0.1, -0.05) is 60.1 Å². The molecule has 0 unspecified atom stereocenters. The summed E-state index contributed by atoms with van der Waals surface area (Å²) in [6.45, 7) is 0.417. The number of benzene rings is 3. The minimum Gasteiger partial charge on any atom is -0.409 e. The first-order valence-corrected chi connectivity index (χ1v) is 9.21. The first-order valence-electron chi connectivity index (χ1n) is 8.43. The minimum atomic E-state index is 0.293. The third kappa shape index (κ3) is 3.79. The number of hydrogen-bond acceptors (Lipinski definition) is 4. The summed E-state index contributed by atoms with van der Waals surface area (Å²) >= 11 is 11.7. The molecule has 0 atom stereocenters. The standard InChI is InChI=1S/C21H16ClN3OS/c22-19-14-8-7-13-18(19)20-23-25(21(27)26-20)15-24(16-9-3-1-4-10-16)17-11-5-2-6-12-17/h1-14H,15H2. The van der Waals surface area contributed by atoms with E-state index in [1.165, 1.54) is 0 Å². The fourth-order valence-electron chi connectivity index (χ4n) is 2.80. The summed E-state index contributed by atoms with van der Waals surface area (Å²) in [5, 5.41) is 5.12. The number of anilines is 2. The molecule has 0 aliphatic carbocycles. The van der Waals surface area contributed by atoms with Gasteiger partial charge in [-0.3, -0.25) is 0 Å². The highest BCUT2D eigenvalue weighted by Gasteiger charge is 2.15. The van der Waals surface area contributed by atoms with Crippen molar-refractivity contribution in [2.24, 2.45) is 0 Å². The molecule has 0 fully saturated rings. The molecule has 3 aromatic carbocycles. The predicted molar refractivity (Wildman–Crippen MR) is 111 cm³/mol. The van der Waals surface area contributed by atoms with Crippen molar-refractivity contribution in [2.75, 3.05) is 4.90 Å². The number of para-hydroxylation sites is 2. The van der Waals surface area contributed by atoms with Crippen molar-refractivity contribution in [3.63, 3.8) is 0 Å². The third-order valence-corrected chi connectivity index (χ3v) is 4.75. The molecule has 6 heteroatoms. The molecule has 0 saturated carbocycles. The van der Waals surface area contributed by atoms with E-state index in [1.807, 2.05) is 78.9 Å². The van der Waals surface area contributed by atoms with Gasteiger partial charge in [0.1, 0.15) is 6.67 Å². The van der Waals surface area contributed by atoms with Crippen LogP contribution in [0.2, 0.25) is 5.02 Å². The lowest BCUT2D eigenvalue weighted by Gasteiger charge is -2.24. The van der Waals surface area contributed by atoms with Gasteiger partial charge in [-0.25, -0.2) is 0 Å². The van der Waals surface area contributed by atoms with Crippen LogP contribution in [0.1, 0.15) is 0 Å². The lowest BCUT2D eigenvalue weighted by molar-refractivity contribution is 0.513. The Labute approximate surface area is 167 Å². The van der Waals surface area contributed by atoms with Crippen molar-refractivity contribution in [2.45, 2.75) is 6.67 Å². The highest BCUT2D eigenvalue weighted by atomic mass is 35.5. The molecule has 27 heavy (non-hydrogen) atoms. The first kappa shape index (κ1) is 17.5. The molecule has 0 bridgehead atoms. The van der Waals surface area contributed by atoms with Crippen LogP contribution in [0.3, 0.4) is 0 Å². The molecule has 4 nitrogen and oxygen atoms in total. The fraction of sp³-hybridized carbons (Fsp3) is 0.0476. The third-order valence-electron chi connectivity index (χ3n) is 4.12. The van der Waals surface area contributed by atoms with Crippen molar-refractivity contribution >= 4 is 35.2 Å². The maximum atomic E-state index is 6.26. The lowest BCUT2D eigenvalue weighted by Crippen LogP contribution is -2.22. The molecule has 134 valence electrons. The highest BCUT2D eigenvalue weighted by molar-refractivity contribution is 7.71. The van der Waals surface area contributed by atoms with E-state index in [9.17, 15) is 0 Å². The molecular formula is C21H16ClN3OS. The summed E-state index contributed by atoms with van der Waals surface area (Å²) in [6.07, 6.45) is 0. The zero-order valence-electron chi connectivity index (χ0n) is 14.3. The lowest BCUT2D eigenvalue weighted by atomic mass is 10.2. The topological polar surface area (TPSA) is 34.2 Å². The van der Waals surface area contributed by atoms with Gasteiger partial charge in [0, 0.05) is 11.4 Å². The van der Waals surface area contributed by atoms with Gasteiger partial charge in [0.25, 0.3) is 4.84 Å². The Morgan fingerprint density at radius 2 is 1.41 bits per heavy atom. The number of aromatic nitrogens is 2. The number of nitrogens with zero attached hydrogens (tertiary/aromatic N) is 3. The Bertz CT molecular complexity index is 1050. The molecule has 0 N–H and O–H groups in total. The SMILES string of the molecule is S=c1oc(-c2ccccc2Cl)nn1CN(c1ccccc1)c1ccccc1. The van der Waals surface area contributed by atoms with Crippen LogP contribution < -0.4 is 4.90 Å². The molecule has 0 aliphatic heterocycles. The van der Waals surface area contributed by atoms with Gasteiger partial charge in [-0.15, -0.1) is 5.10 Å². The Kier molecular flexibility index (Phi) is 5.05. The second-order valence-electron chi connectivity index (χ2n) is 5.89. The van der Waals surface area contributed by atoms with Crippen molar-refractivity contribution in [1.29, 1.82) is 0 Å². The molecule has 4 aromatic rings. The second kappa shape index (κ2) is 7.78. The zero-order chi connectivity index (χ0) is 18.6. The van der Waals surface area contributed by atoms with E-state index in [-0.39, 0.29) is 0 Å². The van der Waals surface area contributed by atoms with Crippen molar-refractivity contribution < 1.29 is 4.42 Å². The normalized spacial score (nSPS) is 10.7. The number of rotatable bonds is 5. The number of hydrogen-bond donors (Lipinski definition) is 0. The Morgan fingerprint density at radius 3 is 2.00 bits per heavy atom. The zero-order valence-corrected chi connectivity index (χ0v) is 15.9. The van der Waals surface area contributed by atoms with Gasteiger partial charge in [-0.05, 0) is 48.6 Å². The van der Waals surface area contributed by atoms with Gasteiger partial charge in [0.2, 0.25) is 5.89 Å². The van der Waals surface area contributed by atoms with Crippen molar-refractivity contribution in [1.82, 2.24) is 9.78 Å². The molecular weight excluding hydrogens is 378 g/mol. The second-order valence-corrected chi connectivity index (χ2v) is 6.65. The van der Waals surface area contributed by atoms with Crippen LogP contribution in [-0.4, -0.2) is 9.78 Å². The molecule has 1 aromatic heterocycles. The maximum Gasteiger partial charge on any atom is 0.289 e. The summed E-state index contributed by atoms with van der Waals surface area (Å²) in [4.78, 5) is 2.41. The van der Waals surface area contributed by atoms with Gasteiger partial charge in [-0.2, -0.15) is 4.68 Å². The summed E-state index contributed by atoms with van der Waals surface area (Å²) in [7, 11) is 0. The average Bonchev–Trinajstić information content (AvgIpc) is 3.08. The van der Waals surface area contributed by atoms with Crippen LogP contribution >= 0.6 is 23.8 Å². The first-order chi connectivity index (χ1) is 13.2. The van der Waals surface area contributed by atoms with Crippen LogP contribution in [0.4, 0.5) is 11.4 Å². The van der Waals surface area contributed by atoms with E-state index >= 15 is 0 Å². The maximum absolute atomic E-state index is 6.26. The molecule has 1 heterocycles. The van der Waals surface area contributed by atoms with Crippen LogP contribution in [-0.2, 0) is 6.67 Å². The molecule has 0 saturated heterocycles. The van der Waals surface area contributed by atoms with E-state index in [4.69, 9.17) is 28.2 Å². The van der Waals surface area contributed by atoms with Crippen LogP contribution in [0.15, 0.2) is 89.3 Å². The Morgan fingerprint density at radius 1 is 0.852 bits per heavy atom. The fourth-order valence-corrected chi connectivity index (χ4v) is 3.20. The molecule has 0 aliphatic rings. The van der Waals surface area contributed by atoms with Crippen LogP contribution in [0, 0.1) is 4.84 Å². The van der Waals surface area contributed by atoms with E-state index in [0.717, 1.165) is 16.9 Å². The predicted octanol–water partition coefficient (Wildman–Crippen LogP) is 6.32. The van der Waals surface area contributed by atoms with Gasteiger partial charge >= 0.3 is 0 Å². The molecule has 4 rings (SSSR count). The van der Waals surface area contributed by atoms with Gasteiger partial charge in [0.15, 0.2) is 0 Å².